The van der Waals surface area contributed by atoms with Crippen LogP contribution in [0.3, 0.4) is 0 Å². The summed E-state index contributed by atoms with van der Waals surface area (Å²) in [6.45, 7) is 0. The zero-order valence-electron chi connectivity index (χ0n) is 7.13. The molecule has 1 aromatic rings. The Hall–Kier alpha value is -0.540. The molecule has 0 aromatic heterocycles. The highest BCUT2D eigenvalue weighted by molar-refractivity contribution is 9.10. The van der Waals surface area contributed by atoms with Crippen molar-refractivity contribution in [3.8, 4) is 5.75 Å². The molecule has 0 aliphatic heterocycles. The Labute approximate surface area is 85.3 Å². The fourth-order valence-corrected chi connectivity index (χ4v) is 1.79. The Kier molecular flexibility index (Phi) is 2.08. The normalized spacial score (nSPS) is 18.6. The van der Waals surface area contributed by atoms with Crippen LogP contribution in [-0.2, 0) is 6.42 Å². The van der Waals surface area contributed by atoms with E-state index in [1.54, 1.807) is 6.07 Å². The lowest BCUT2D eigenvalue weighted by atomic mass is 10.1. The average molecular weight is 243 g/mol. The number of aliphatic hydroxyl groups is 1. The standard InChI is InChI=1S/C10H11BrO2/c11-8-5-7(1-2-9(8)12)6-10(13)3-4-10/h1-2,5,12-13H,3-4,6H2. The molecule has 1 saturated carbocycles. The second-order valence-corrected chi connectivity index (χ2v) is 4.54. The number of halogens is 1. The minimum Gasteiger partial charge on any atom is -0.507 e. The van der Waals surface area contributed by atoms with Crippen molar-refractivity contribution in [1.82, 2.24) is 0 Å². The molecule has 13 heavy (non-hydrogen) atoms. The molecule has 1 fully saturated rings. The molecule has 0 saturated heterocycles. The van der Waals surface area contributed by atoms with Crippen LogP contribution in [0.4, 0.5) is 0 Å². The zero-order chi connectivity index (χ0) is 9.47. The lowest BCUT2D eigenvalue weighted by Crippen LogP contribution is -2.10. The molecule has 2 rings (SSSR count). The summed E-state index contributed by atoms with van der Waals surface area (Å²) < 4.78 is 0.689. The van der Waals surface area contributed by atoms with Crippen LogP contribution in [0, 0.1) is 0 Å². The van der Waals surface area contributed by atoms with Crippen molar-refractivity contribution in [2.75, 3.05) is 0 Å². The van der Waals surface area contributed by atoms with Crippen molar-refractivity contribution < 1.29 is 10.2 Å². The smallest absolute Gasteiger partial charge is 0.129 e. The van der Waals surface area contributed by atoms with Gasteiger partial charge in [0.05, 0.1) is 10.1 Å². The molecule has 0 radical (unpaired) electrons. The van der Waals surface area contributed by atoms with Crippen molar-refractivity contribution in [2.24, 2.45) is 0 Å². The summed E-state index contributed by atoms with van der Waals surface area (Å²) in [6, 6.07) is 5.34. The van der Waals surface area contributed by atoms with Gasteiger partial charge in [0.15, 0.2) is 0 Å². The molecule has 2 N–H and O–H groups in total. The van der Waals surface area contributed by atoms with Gasteiger partial charge in [0, 0.05) is 6.42 Å². The van der Waals surface area contributed by atoms with Gasteiger partial charge in [-0.15, -0.1) is 0 Å². The molecule has 1 aliphatic rings. The largest absolute Gasteiger partial charge is 0.507 e. The first-order valence-corrected chi connectivity index (χ1v) is 5.08. The van der Waals surface area contributed by atoms with E-state index >= 15 is 0 Å². The fraction of sp³-hybridized carbons (Fsp3) is 0.400. The van der Waals surface area contributed by atoms with Gasteiger partial charge in [0.2, 0.25) is 0 Å². The molecule has 1 aromatic carbocycles. The molecule has 3 heteroatoms. The van der Waals surface area contributed by atoms with Gasteiger partial charge in [-0.05, 0) is 46.5 Å². The number of rotatable bonds is 2. The van der Waals surface area contributed by atoms with Gasteiger partial charge in [-0.25, -0.2) is 0 Å². The summed E-state index contributed by atoms with van der Waals surface area (Å²) in [6.07, 6.45) is 2.48. The molecule has 0 bridgehead atoms. The first-order valence-electron chi connectivity index (χ1n) is 4.29. The first-order chi connectivity index (χ1) is 6.09. The van der Waals surface area contributed by atoms with Crippen molar-refractivity contribution in [3.05, 3.63) is 28.2 Å². The molecule has 0 amide bonds. The molecule has 0 atom stereocenters. The maximum atomic E-state index is 9.66. The van der Waals surface area contributed by atoms with Crippen LogP contribution in [0.5, 0.6) is 5.75 Å². The van der Waals surface area contributed by atoms with Gasteiger partial charge in [0.1, 0.15) is 5.75 Å². The van der Waals surface area contributed by atoms with Crippen LogP contribution >= 0.6 is 15.9 Å². The molecule has 1 aliphatic carbocycles. The molecule has 2 nitrogen and oxygen atoms in total. The van der Waals surface area contributed by atoms with Crippen LogP contribution in [0.15, 0.2) is 22.7 Å². The zero-order valence-corrected chi connectivity index (χ0v) is 8.71. The molecular formula is C10H11BrO2. The Bertz CT molecular complexity index is 332. The third-order valence-electron chi connectivity index (χ3n) is 2.37. The summed E-state index contributed by atoms with van der Waals surface area (Å²) in [5.74, 6) is 0.242. The van der Waals surface area contributed by atoms with Gasteiger partial charge in [-0.2, -0.15) is 0 Å². The van der Waals surface area contributed by atoms with Gasteiger partial charge in [0.25, 0.3) is 0 Å². The van der Waals surface area contributed by atoms with Gasteiger partial charge < -0.3 is 10.2 Å². The summed E-state index contributed by atoms with van der Waals surface area (Å²) >= 11 is 3.24. The Morgan fingerprint density at radius 3 is 2.62 bits per heavy atom. The number of benzene rings is 1. The second-order valence-electron chi connectivity index (χ2n) is 3.69. The number of phenols is 1. The monoisotopic (exact) mass is 242 g/mol. The van der Waals surface area contributed by atoms with Crippen molar-refractivity contribution in [3.63, 3.8) is 0 Å². The number of phenolic OH excluding ortho intramolecular Hbond substituents is 1. The topological polar surface area (TPSA) is 40.5 Å². The molecule has 70 valence electrons. The first kappa shape index (κ1) is 9.03. The second kappa shape index (κ2) is 3.00. The molecule has 0 spiro atoms. The SMILES string of the molecule is Oc1ccc(CC2(O)CC2)cc1Br. The van der Waals surface area contributed by atoms with Crippen molar-refractivity contribution >= 4 is 15.9 Å². The predicted molar refractivity (Wildman–Crippen MR) is 53.7 cm³/mol. The number of hydrogen-bond donors (Lipinski definition) is 2. The van der Waals surface area contributed by atoms with E-state index in [9.17, 15) is 10.2 Å². The lowest BCUT2D eigenvalue weighted by Gasteiger charge is -2.07. The van der Waals surface area contributed by atoms with Crippen LogP contribution in [0.1, 0.15) is 18.4 Å². The van der Waals surface area contributed by atoms with E-state index in [2.05, 4.69) is 15.9 Å². The highest BCUT2D eigenvalue weighted by Gasteiger charge is 2.40. The highest BCUT2D eigenvalue weighted by atomic mass is 79.9. The third-order valence-corrected chi connectivity index (χ3v) is 3.01. The van der Waals surface area contributed by atoms with E-state index in [0.717, 1.165) is 18.4 Å². The average Bonchev–Trinajstić information content (AvgIpc) is 2.76. The molecular weight excluding hydrogens is 232 g/mol. The van der Waals surface area contributed by atoms with E-state index in [-0.39, 0.29) is 5.75 Å². The van der Waals surface area contributed by atoms with Crippen molar-refractivity contribution in [1.29, 1.82) is 0 Å². The van der Waals surface area contributed by atoms with Crippen LogP contribution in [0.25, 0.3) is 0 Å². The fourth-order valence-electron chi connectivity index (χ4n) is 1.36. The highest BCUT2D eigenvalue weighted by Crippen LogP contribution is 2.39. The van der Waals surface area contributed by atoms with E-state index in [0.29, 0.717) is 10.9 Å². The third kappa shape index (κ3) is 2.03. The summed E-state index contributed by atoms with van der Waals surface area (Å²) in [7, 11) is 0. The molecule has 0 unspecified atom stereocenters. The molecule has 0 heterocycles. The van der Waals surface area contributed by atoms with Crippen LogP contribution < -0.4 is 0 Å². The van der Waals surface area contributed by atoms with E-state index in [1.165, 1.54) is 0 Å². The quantitative estimate of drug-likeness (QED) is 0.836. The Balaban J connectivity index is 2.17. The number of aromatic hydroxyl groups is 1. The van der Waals surface area contributed by atoms with Gasteiger partial charge in [-0.1, -0.05) is 6.07 Å². The number of hydrogen-bond acceptors (Lipinski definition) is 2. The van der Waals surface area contributed by atoms with E-state index in [1.807, 2.05) is 12.1 Å². The van der Waals surface area contributed by atoms with Crippen LogP contribution in [0.2, 0.25) is 0 Å². The predicted octanol–water partition coefficient (Wildman–Crippen LogP) is 2.22. The minimum absolute atomic E-state index is 0.242. The van der Waals surface area contributed by atoms with E-state index in [4.69, 9.17) is 0 Å². The Morgan fingerprint density at radius 1 is 1.38 bits per heavy atom. The lowest BCUT2D eigenvalue weighted by molar-refractivity contribution is 0.151. The minimum atomic E-state index is -0.462. The maximum absolute atomic E-state index is 9.66. The maximum Gasteiger partial charge on any atom is 0.129 e. The van der Waals surface area contributed by atoms with Gasteiger partial charge >= 0.3 is 0 Å². The van der Waals surface area contributed by atoms with Crippen molar-refractivity contribution in [2.45, 2.75) is 24.9 Å². The van der Waals surface area contributed by atoms with Gasteiger partial charge in [-0.3, -0.25) is 0 Å². The van der Waals surface area contributed by atoms with E-state index < -0.39 is 5.60 Å². The Morgan fingerprint density at radius 2 is 2.08 bits per heavy atom. The summed E-state index contributed by atoms with van der Waals surface area (Å²) in [4.78, 5) is 0. The summed E-state index contributed by atoms with van der Waals surface area (Å²) in [5, 5.41) is 18.9. The summed E-state index contributed by atoms with van der Waals surface area (Å²) in [5.41, 5.74) is 0.598. The van der Waals surface area contributed by atoms with Crippen LogP contribution in [-0.4, -0.2) is 15.8 Å².